The lowest BCUT2D eigenvalue weighted by atomic mass is 10.2. The number of thioether (sulfide) groups is 1. The van der Waals surface area contributed by atoms with Crippen LogP contribution in [0.4, 0.5) is 0 Å². The van der Waals surface area contributed by atoms with Gasteiger partial charge < -0.3 is 4.57 Å². The average Bonchev–Trinajstić information content (AvgIpc) is 3.20. The minimum absolute atomic E-state index is 0.533. The molecule has 25 heavy (non-hydrogen) atoms. The molecule has 0 spiro atoms. The summed E-state index contributed by atoms with van der Waals surface area (Å²) in [5, 5.41) is 18.6. The van der Waals surface area contributed by atoms with Crippen LogP contribution >= 0.6 is 23.4 Å². The molecule has 0 aliphatic carbocycles. The first-order chi connectivity index (χ1) is 12.2. The molecule has 0 amide bonds. The van der Waals surface area contributed by atoms with Crippen molar-refractivity contribution in [3.05, 3.63) is 64.9 Å². The quantitative estimate of drug-likeness (QED) is 0.503. The highest BCUT2D eigenvalue weighted by atomic mass is 35.5. The Kier molecular flexibility index (Phi) is 4.42. The highest BCUT2D eigenvalue weighted by Crippen LogP contribution is 2.22. The number of hydrogen-bond acceptors (Lipinski definition) is 5. The van der Waals surface area contributed by atoms with Gasteiger partial charge in [0.2, 0.25) is 0 Å². The smallest absolute Gasteiger partial charge is 0.191 e. The fraction of sp³-hybridized carbons (Fsp3) is 0.176. The van der Waals surface area contributed by atoms with Crippen LogP contribution in [0.3, 0.4) is 0 Å². The molecule has 0 unspecified atom stereocenters. The van der Waals surface area contributed by atoms with Crippen LogP contribution in [-0.2, 0) is 19.3 Å². The number of benzene rings is 2. The van der Waals surface area contributed by atoms with Gasteiger partial charge >= 0.3 is 0 Å². The summed E-state index contributed by atoms with van der Waals surface area (Å²) in [5.74, 6) is 1.66. The van der Waals surface area contributed by atoms with Gasteiger partial charge in [0.1, 0.15) is 12.1 Å². The normalized spacial score (nSPS) is 11.3. The van der Waals surface area contributed by atoms with Crippen molar-refractivity contribution >= 4 is 34.4 Å². The maximum atomic E-state index is 5.92. The standard InChI is InChI=1S/C17H15ClN6S/c1-23-16(10-24-15-5-3-2-4-14(15)19-22-24)20-21-17(23)25-11-12-6-8-13(18)9-7-12/h2-9H,10-11H2,1H3. The molecule has 0 saturated carbocycles. The molecule has 0 N–H and O–H groups in total. The van der Waals surface area contributed by atoms with E-state index in [9.17, 15) is 0 Å². The molecule has 4 rings (SSSR count). The monoisotopic (exact) mass is 370 g/mol. The Morgan fingerprint density at radius 3 is 2.64 bits per heavy atom. The molecule has 0 aliphatic rings. The molecule has 0 fully saturated rings. The van der Waals surface area contributed by atoms with Crippen LogP contribution in [0.25, 0.3) is 11.0 Å². The van der Waals surface area contributed by atoms with Gasteiger partial charge in [-0.3, -0.25) is 0 Å². The minimum atomic E-state index is 0.533. The highest BCUT2D eigenvalue weighted by molar-refractivity contribution is 7.98. The van der Waals surface area contributed by atoms with Gasteiger partial charge in [0.15, 0.2) is 11.0 Å². The number of rotatable bonds is 5. The van der Waals surface area contributed by atoms with Crippen LogP contribution in [-0.4, -0.2) is 29.8 Å². The van der Waals surface area contributed by atoms with Crippen molar-refractivity contribution in [1.82, 2.24) is 29.8 Å². The molecule has 6 nitrogen and oxygen atoms in total. The van der Waals surface area contributed by atoms with E-state index in [1.807, 2.05) is 64.8 Å². The molecule has 8 heteroatoms. The number of fused-ring (bicyclic) bond motifs is 1. The van der Waals surface area contributed by atoms with E-state index in [1.54, 1.807) is 11.8 Å². The Labute approximate surface area is 153 Å². The average molecular weight is 371 g/mol. The van der Waals surface area contributed by atoms with Crippen molar-refractivity contribution < 1.29 is 0 Å². The lowest BCUT2D eigenvalue weighted by molar-refractivity contribution is 0.613. The zero-order valence-corrected chi connectivity index (χ0v) is 15.1. The molecule has 4 aromatic rings. The van der Waals surface area contributed by atoms with Crippen LogP contribution in [0.1, 0.15) is 11.4 Å². The van der Waals surface area contributed by atoms with E-state index < -0.39 is 0 Å². The number of nitrogens with zero attached hydrogens (tertiary/aromatic N) is 6. The fourth-order valence-corrected chi connectivity index (χ4v) is 3.52. The van der Waals surface area contributed by atoms with Crippen LogP contribution in [0.2, 0.25) is 5.02 Å². The molecule has 0 radical (unpaired) electrons. The molecule has 0 atom stereocenters. The highest BCUT2D eigenvalue weighted by Gasteiger charge is 2.12. The first-order valence-corrected chi connectivity index (χ1v) is 9.11. The Morgan fingerprint density at radius 1 is 1.00 bits per heavy atom. The zero-order chi connectivity index (χ0) is 17.2. The molecular weight excluding hydrogens is 356 g/mol. The van der Waals surface area contributed by atoms with Gasteiger partial charge in [-0.25, -0.2) is 4.68 Å². The lowest BCUT2D eigenvalue weighted by Crippen LogP contribution is -2.08. The van der Waals surface area contributed by atoms with Crippen molar-refractivity contribution in [2.75, 3.05) is 0 Å². The summed E-state index contributed by atoms with van der Waals surface area (Å²) in [6, 6.07) is 15.7. The van der Waals surface area contributed by atoms with E-state index in [2.05, 4.69) is 20.5 Å². The van der Waals surface area contributed by atoms with Gasteiger partial charge in [0.25, 0.3) is 0 Å². The van der Waals surface area contributed by atoms with Crippen molar-refractivity contribution in [3.63, 3.8) is 0 Å². The first-order valence-electron chi connectivity index (χ1n) is 7.74. The van der Waals surface area contributed by atoms with E-state index in [4.69, 9.17) is 11.6 Å². The number of para-hydroxylation sites is 1. The Bertz CT molecular complexity index is 1010. The third-order valence-electron chi connectivity index (χ3n) is 3.92. The van der Waals surface area contributed by atoms with Crippen molar-refractivity contribution in [1.29, 1.82) is 0 Å². The second-order valence-corrected chi connectivity index (χ2v) is 6.99. The van der Waals surface area contributed by atoms with Gasteiger partial charge in [0, 0.05) is 17.8 Å². The predicted molar refractivity (Wildman–Crippen MR) is 98.6 cm³/mol. The zero-order valence-electron chi connectivity index (χ0n) is 13.5. The number of hydrogen-bond donors (Lipinski definition) is 0. The van der Waals surface area contributed by atoms with Crippen molar-refractivity contribution in [2.45, 2.75) is 17.5 Å². The Morgan fingerprint density at radius 2 is 1.80 bits per heavy atom. The molecule has 0 bridgehead atoms. The number of halogens is 1. The maximum absolute atomic E-state index is 5.92. The van der Waals surface area contributed by atoms with Crippen LogP contribution in [0.15, 0.2) is 53.7 Å². The molecule has 0 aliphatic heterocycles. The summed E-state index contributed by atoms with van der Waals surface area (Å²) in [7, 11) is 1.97. The topological polar surface area (TPSA) is 61.4 Å². The van der Waals surface area contributed by atoms with E-state index in [1.165, 1.54) is 5.56 Å². The summed E-state index contributed by atoms with van der Waals surface area (Å²) >= 11 is 7.56. The molecule has 2 aromatic carbocycles. The summed E-state index contributed by atoms with van der Waals surface area (Å²) < 4.78 is 3.84. The van der Waals surface area contributed by atoms with Gasteiger partial charge in [-0.15, -0.1) is 15.3 Å². The summed E-state index contributed by atoms with van der Waals surface area (Å²) in [5.41, 5.74) is 3.06. The number of aromatic nitrogens is 6. The first kappa shape index (κ1) is 16.1. The van der Waals surface area contributed by atoms with E-state index >= 15 is 0 Å². The maximum Gasteiger partial charge on any atom is 0.191 e. The van der Waals surface area contributed by atoms with Crippen LogP contribution in [0.5, 0.6) is 0 Å². The third kappa shape index (κ3) is 3.38. The van der Waals surface area contributed by atoms with Crippen LogP contribution < -0.4 is 0 Å². The SMILES string of the molecule is Cn1c(Cn2nnc3ccccc32)nnc1SCc1ccc(Cl)cc1. The predicted octanol–water partition coefficient (Wildman–Crippen LogP) is 3.55. The van der Waals surface area contributed by atoms with Crippen molar-refractivity contribution in [3.8, 4) is 0 Å². The van der Waals surface area contributed by atoms with E-state index in [-0.39, 0.29) is 0 Å². The fourth-order valence-electron chi connectivity index (χ4n) is 2.51. The summed E-state index contributed by atoms with van der Waals surface area (Å²) in [4.78, 5) is 0. The van der Waals surface area contributed by atoms with E-state index in [0.717, 1.165) is 32.8 Å². The summed E-state index contributed by atoms with van der Waals surface area (Å²) in [6.45, 7) is 0.533. The molecule has 2 heterocycles. The van der Waals surface area contributed by atoms with Gasteiger partial charge in [-0.1, -0.05) is 52.8 Å². The molecule has 126 valence electrons. The van der Waals surface area contributed by atoms with Gasteiger partial charge in [-0.2, -0.15) is 0 Å². The molecule has 2 aromatic heterocycles. The third-order valence-corrected chi connectivity index (χ3v) is 5.26. The van der Waals surface area contributed by atoms with Gasteiger partial charge in [0.05, 0.1) is 5.52 Å². The van der Waals surface area contributed by atoms with Gasteiger partial charge in [-0.05, 0) is 29.8 Å². The minimum Gasteiger partial charge on any atom is -0.308 e. The second kappa shape index (κ2) is 6.85. The largest absolute Gasteiger partial charge is 0.308 e. The van der Waals surface area contributed by atoms with Crippen LogP contribution in [0, 0.1) is 0 Å². The summed E-state index contributed by atoms with van der Waals surface area (Å²) in [6.07, 6.45) is 0. The van der Waals surface area contributed by atoms with E-state index in [0.29, 0.717) is 6.54 Å². The molecular formula is C17H15ClN6S. The Hall–Kier alpha value is -2.38. The van der Waals surface area contributed by atoms with Crippen molar-refractivity contribution in [2.24, 2.45) is 7.05 Å². The molecule has 0 saturated heterocycles. The lowest BCUT2D eigenvalue weighted by Gasteiger charge is -2.05. The second-order valence-electron chi connectivity index (χ2n) is 5.61. The Balaban J connectivity index is 1.50.